The average molecular weight is 503 g/mol. The van der Waals surface area contributed by atoms with Crippen LogP contribution in [0, 0.1) is 12.8 Å². The number of hydrogen-bond acceptors (Lipinski definition) is 8. The molecule has 2 aromatic rings. The zero-order chi connectivity index (χ0) is 24.7. The number of anilines is 2. The normalized spacial score (nSPS) is 15.1. The summed E-state index contributed by atoms with van der Waals surface area (Å²) in [7, 11) is 0. The minimum atomic E-state index is 0.306. The maximum absolute atomic E-state index is 6.23. The summed E-state index contributed by atoms with van der Waals surface area (Å²) in [5, 5.41) is 8.40. The molecule has 0 amide bonds. The Morgan fingerprint density at radius 3 is 2.65 bits per heavy atom. The lowest BCUT2D eigenvalue weighted by atomic mass is 10.1. The number of hydrazone groups is 1. The number of nitrogens with zero attached hydrogens (tertiary/aromatic N) is 5. The lowest BCUT2D eigenvalue weighted by Crippen LogP contribution is -2.35. The predicted octanol–water partition coefficient (Wildman–Crippen LogP) is 6.15. The van der Waals surface area contributed by atoms with Gasteiger partial charge in [0.25, 0.3) is 0 Å². The Morgan fingerprint density at radius 1 is 1.32 bits per heavy atom. The fourth-order valence-electron chi connectivity index (χ4n) is 3.62. The third-order valence-corrected chi connectivity index (χ3v) is 6.45. The maximum atomic E-state index is 6.23. The molecular formula is C25H35ClN6OS. The lowest BCUT2D eigenvalue weighted by molar-refractivity contribution is 0.271. The number of aromatic nitrogens is 2. The van der Waals surface area contributed by atoms with E-state index in [1.165, 1.54) is 11.5 Å². The Balaban J connectivity index is 1.96. The molecule has 1 aliphatic heterocycles. The molecule has 34 heavy (non-hydrogen) atoms. The van der Waals surface area contributed by atoms with Crippen molar-refractivity contribution in [2.24, 2.45) is 16.8 Å². The Kier molecular flexibility index (Phi) is 9.36. The summed E-state index contributed by atoms with van der Waals surface area (Å²) in [6, 6.07) is 6.16. The van der Waals surface area contributed by atoms with Crippen molar-refractivity contribution < 1.29 is 4.74 Å². The topological polar surface area (TPSA) is 79.9 Å². The highest BCUT2D eigenvalue weighted by molar-refractivity contribution is 7.10. The summed E-state index contributed by atoms with van der Waals surface area (Å²) in [6.45, 7) is 12.7. The van der Waals surface area contributed by atoms with E-state index < -0.39 is 0 Å². The lowest BCUT2D eigenvalue weighted by Gasteiger charge is -2.30. The van der Waals surface area contributed by atoms with Gasteiger partial charge in [-0.3, -0.25) is 0 Å². The van der Waals surface area contributed by atoms with Crippen molar-refractivity contribution in [2.75, 3.05) is 29.6 Å². The number of para-hydroxylation sites is 1. The van der Waals surface area contributed by atoms with Gasteiger partial charge >= 0.3 is 0 Å². The predicted molar refractivity (Wildman–Crippen MR) is 144 cm³/mol. The first-order valence-electron chi connectivity index (χ1n) is 11.7. The number of ether oxygens (including phenoxy) is 1. The van der Waals surface area contributed by atoms with Gasteiger partial charge in [0, 0.05) is 54.6 Å². The van der Waals surface area contributed by atoms with Crippen molar-refractivity contribution in [3.05, 3.63) is 52.6 Å². The van der Waals surface area contributed by atoms with E-state index in [2.05, 4.69) is 59.1 Å². The van der Waals surface area contributed by atoms with E-state index in [0.717, 1.165) is 71.6 Å². The Hall–Kier alpha value is -2.58. The summed E-state index contributed by atoms with van der Waals surface area (Å²) in [4.78, 5) is 6.53. The maximum Gasteiger partial charge on any atom is 0.236 e. The van der Waals surface area contributed by atoms with Crippen LogP contribution in [0.4, 0.5) is 10.8 Å². The smallest absolute Gasteiger partial charge is 0.236 e. The zero-order valence-electron chi connectivity index (χ0n) is 20.7. The molecule has 2 N–H and O–H groups in total. The Morgan fingerprint density at radius 2 is 2.06 bits per heavy atom. The van der Waals surface area contributed by atoms with Crippen molar-refractivity contribution in [3.63, 3.8) is 0 Å². The largest absolute Gasteiger partial charge is 0.491 e. The summed E-state index contributed by atoms with van der Waals surface area (Å²) < 4.78 is 10.3. The van der Waals surface area contributed by atoms with Gasteiger partial charge in [-0.1, -0.05) is 32.9 Å². The molecule has 0 spiro atoms. The number of hydrogen-bond donors (Lipinski definition) is 1. The van der Waals surface area contributed by atoms with Crippen LogP contribution in [0.1, 0.15) is 52.5 Å². The average Bonchev–Trinajstić information content (AvgIpc) is 3.24. The van der Waals surface area contributed by atoms with Gasteiger partial charge in [0.15, 0.2) is 0 Å². The van der Waals surface area contributed by atoms with E-state index in [1.54, 1.807) is 0 Å². The molecule has 3 rings (SSSR count). The fourth-order valence-corrected chi connectivity index (χ4v) is 4.48. The molecule has 1 saturated heterocycles. The van der Waals surface area contributed by atoms with E-state index in [9.17, 15) is 0 Å². The number of benzene rings is 1. The number of allylic oxidation sites excluding steroid dienone is 4. The summed E-state index contributed by atoms with van der Waals surface area (Å²) in [5.41, 5.74) is 11.0. The van der Waals surface area contributed by atoms with Crippen LogP contribution in [0.3, 0.4) is 0 Å². The third-order valence-electron chi connectivity index (χ3n) is 5.40. The standard InChI is InChI=1S/C25H35ClN6OS/c1-6-21(11-10-19(5)27)32(23-18(4)8-7-9-22(23)33-16-17(2)3)29-20-12-14-31(15-13-20)25-28-24(26)30-34-25/h7-11,17H,6,12-16,27H2,1-5H3/b19-10+,21-11+. The van der Waals surface area contributed by atoms with Crippen LogP contribution in [-0.2, 0) is 0 Å². The first-order chi connectivity index (χ1) is 16.3. The molecule has 1 fully saturated rings. The van der Waals surface area contributed by atoms with Gasteiger partial charge in [-0.05, 0) is 61.6 Å². The molecule has 1 aromatic heterocycles. The molecule has 9 heteroatoms. The van der Waals surface area contributed by atoms with E-state index in [4.69, 9.17) is 27.2 Å². The van der Waals surface area contributed by atoms with Gasteiger partial charge in [-0.25, -0.2) is 5.01 Å². The van der Waals surface area contributed by atoms with Gasteiger partial charge in [0.2, 0.25) is 10.4 Å². The number of aryl methyl sites for hydroxylation is 1. The van der Waals surface area contributed by atoms with Crippen LogP contribution >= 0.6 is 23.1 Å². The van der Waals surface area contributed by atoms with Gasteiger partial charge < -0.3 is 15.4 Å². The molecule has 7 nitrogen and oxygen atoms in total. The Labute approximate surface area is 212 Å². The zero-order valence-corrected chi connectivity index (χ0v) is 22.3. The highest BCUT2D eigenvalue weighted by Gasteiger charge is 2.23. The molecule has 1 aromatic carbocycles. The summed E-state index contributed by atoms with van der Waals surface area (Å²) >= 11 is 7.26. The SMILES string of the molecule is CC/C(=C\C=C(/C)N)N(N=C1CCN(c2nc(Cl)ns2)CC1)c1c(C)cccc1OCC(C)C. The molecule has 0 atom stereocenters. The molecule has 1 aliphatic rings. The van der Waals surface area contributed by atoms with Gasteiger partial charge in [-0.2, -0.15) is 14.5 Å². The number of piperidine rings is 1. The van der Waals surface area contributed by atoms with Crippen LogP contribution in [0.5, 0.6) is 5.75 Å². The summed E-state index contributed by atoms with van der Waals surface area (Å²) in [6.07, 6.45) is 6.46. The molecule has 184 valence electrons. The molecule has 0 radical (unpaired) electrons. The van der Waals surface area contributed by atoms with Crippen molar-refractivity contribution in [1.29, 1.82) is 0 Å². The second-order valence-corrected chi connectivity index (χ2v) is 9.93. The van der Waals surface area contributed by atoms with Gasteiger partial charge in [0.05, 0.1) is 6.61 Å². The molecular weight excluding hydrogens is 468 g/mol. The van der Waals surface area contributed by atoms with E-state index >= 15 is 0 Å². The minimum Gasteiger partial charge on any atom is -0.491 e. The van der Waals surface area contributed by atoms with Crippen LogP contribution in [0.2, 0.25) is 5.28 Å². The molecule has 0 saturated carbocycles. The second kappa shape index (κ2) is 12.2. The van der Waals surface area contributed by atoms with Crippen molar-refractivity contribution >= 4 is 39.7 Å². The summed E-state index contributed by atoms with van der Waals surface area (Å²) in [5.74, 6) is 1.27. The second-order valence-electron chi connectivity index (χ2n) is 8.86. The van der Waals surface area contributed by atoms with Gasteiger partial charge in [0.1, 0.15) is 11.4 Å². The minimum absolute atomic E-state index is 0.306. The first-order valence-corrected chi connectivity index (χ1v) is 12.9. The monoisotopic (exact) mass is 502 g/mol. The van der Waals surface area contributed by atoms with Crippen LogP contribution in [0.15, 0.2) is 46.8 Å². The van der Waals surface area contributed by atoms with Gasteiger partial charge in [-0.15, -0.1) is 0 Å². The van der Waals surface area contributed by atoms with Crippen molar-refractivity contribution in [1.82, 2.24) is 9.36 Å². The quantitative estimate of drug-likeness (QED) is 0.327. The van der Waals surface area contributed by atoms with Crippen LogP contribution < -0.4 is 20.4 Å². The van der Waals surface area contributed by atoms with E-state index in [-0.39, 0.29) is 0 Å². The third kappa shape index (κ3) is 6.96. The Bertz CT molecular complexity index is 1050. The van der Waals surface area contributed by atoms with Crippen molar-refractivity contribution in [2.45, 2.75) is 53.9 Å². The van der Waals surface area contributed by atoms with E-state index in [1.807, 2.05) is 25.1 Å². The molecule has 2 heterocycles. The van der Waals surface area contributed by atoms with Crippen LogP contribution in [0.25, 0.3) is 0 Å². The molecule has 0 unspecified atom stereocenters. The fraction of sp³-hybridized carbons (Fsp3) is 0.480. The molecule has 0 aliphatic carbocycles. The highest BCUT2D eigenvalue weighted by Crippen LogP contribution is 2.36. The van der Waals surface area contributed by atoms with Crippen LogP contribution in [-0.4, -0.2) is 34.8 Å². The first kappa shape index (κ1) is 26.0. The molecule has 0 bridgehead atoms. The number of halogens is 1. The highest BCUT2D eigenvalue weighted by atomic mass is 35.5. The number of rotatable bonds is 9. The van der Waals surface area contributed by atoms with E-state index in [0.29, 0.717) is 17.8 Å². The number of nitrogens with two attached hydrogens (primary N) is 1. The van der Waals surface area contributed by atoms with Crippen molar-refractivity contribution in [3.8, 4) is 5.75 Å².